The molecule has 3 N–H and O–H groups in total. The Morgan fingerprint density at radius 2 is 1.92 bits per heavy atom. The molecule has 1 saturated carbocycles. The second kappa shape index (κ2) is 7.01. The van der Waals surface area contributed by atoms with Crippen LogP contribution in [0.15, 0.2) is 42.5 Å². The van der Waals surface area contributed by atoms with Gasteiger partial charge in [0, 0.05) is 6.04 Å². The van der Waals surface area contributed by atoms with Crippen molar-refractivity contribution in [1.82, 2.24) is 10.2 Å². The number of hydrogen-bond donors (Lipinski definition) is 2. The first-order valence-electron chi connectivity index (χ1n) is 8.37. The lowest BCUT2D eigenvalue weighted by molar-refractivity contribution is -0.135. The molecule has 2 aromatic rings. The minimum absolute atomic E-state index is 0.00442. The zero-order valence-corrected chi connectivity index (χ0v) is 13.9. The molecule has 0 aliphatic heterocycles. The Labute approximate surface area is 141 Å². The molecule has 0 aromatic heterocycles. The third-order valence-electron chi connectivity index (χ3n) is 4.52. The number of carbonyl (C=O) groups excluding carboxylic acids is 2. The Balaban J connectivity index is 1.79. The Bertz CT molecular complexity index is 755. The highest BCUT2D eigenvalue weighted by atomic mass is 16.2. The van der Waals surface area contributed by atoms with Crippen molar-refractivity contribution in [2.75, 3.05) is 13.1 Å². The topological polar surface area (TPSA) is 75.4 Å². The first-order valence-corrected chi connectivity index (χ1v) is 8.37. The standard InChI is InChI=1S/C19H23N3O2/c1-13(15-7-6-14-4-2-3-5-16(14)10-15)22(17-8-9-17)19(24)12-21-18(23)11-20/h2-7,10,13,17H,8-9,11-12,20H2,1H3,(H,21,23). The predicted octanol–water partition coefficient (Wildman–Crippen LogP) is 1.97. The zero-order valence-electron chi connectivity index (χ0n) is 13.9. The summed E-state index contributed by atoms with van der Waals surface area (Å²) in [5.41, 5.74) is 6.38. The molecule has 1 atom stereocenters. The van der Waals surface area contributed by atoms with E-state index in [1.165, 1.54) is 10.8 Å². The number of fused-ring (bicyclic) bond motifs is 1. The van der Waals surface area contributed by atoms with Gasteiger partial charge < -0.3 is 16.0 Å². The Hall–Kier alpha value is -2.40. The van der Waals surface area contributed by atoms with E-state index in [9.17, 15) is 9.59 Å². The van der Waals surface area contributed by atoms with E-state index in [1.807, 2.05) is 24.0 Å². The fourth-order valence-corrected chi connectivity index (χ4v) is 3.05. The van der Waals surface area contributed by atoms with E-state index in [0.717, 1.165) is 18.4 Å². The predicted molar refractivity (Wildman–Crippen MR) is 94.3 cm³/mol. The normalized spacial score (nSPS) is 15.1. The number of carbonyl (C=O) groups is 2. The van der Waals surface area contributed by atoms with Gasteiger partial charge in [-0.05, 0) is 42.2 Å². The number of rotatable bonds is 6. The number of hydrogen-bond acceptors (Lipinski definition) is 3. The van der Waals surface area contributed by atoms with Gasteiger partial charge >= 0.3 is 0 Å². The molecule has 126 valence electrons. The largest absolute Gasteiger partial charge is 0.346 e. The van der Waals surface area contributed by atoms with Crippen molar-refractivity contribution in [3.63, 3.8) is 0 Å². The van der Waals surface area contributed by atoms with Gasteiger partial charge in [0.1, 0.15) is 0 Å². The van der Waals surface area contributed by atoms with Gasteiger partial charge in [-0.15, -0.1) is 0 Å². The van der Waals surface area contributed by atoms with Crippen LogP contribution in [0.2, 0.25) is 0 Å². The second-order valence-electron chi connectivity index (χ2n) is 6.30. The van der Waals surface area contributed by atoms with E-state index in [0.29, 0.717) is 0 Å². The second-order valence-corrected chi connectivity index (χ2v) is 6.30. The van der Waals surface area contributed by atoms with Gasteiger partial charge in [-0.25, -0.2) is 0 Å². The molecule has 5 heteroatoms. The average Bonchev–Trinajstić information content (AvgIpc) is 3.44. The molecule has 2 aromatic carbocycles. The van der Waals surface area contributed by atoms with Gasteiger partial charge in [-0.3, -0.25) is 9.59 Å². The molecule has 0 heterocycles. The molecule has 0 saturated heterocycles. The molecule has 1 unspecified atom stereocenters. The average molecular weight is 325 g/mol. The zero-order chi connectivity index (χ0) is 17.1. The van der Waals surface area contributed by atoms with E-state index in [-0.39, 0.29) is 37.0 Å². The molecule has 24 heavy (non-hydrogen) atoms. The maximum atomic E-state index is 12.6. The van der Waals surface area contributed by atoms with Crippen LogP contribution < -0.4 is 11.1 Å². The summed E-state index contributed by atoms with van der Waals surface area (Å²) in [5, 5.41) is 4.93. The highest BCUT2D eigenvalue weighted by Crippen LogP contribution is 2.35. The Morgan fingerprint density at radius 1 is 1.21 bits per heavy atom. The highest BCUT2D eigenvalue weighted by molar-refractivity contribution is 5.86. The molecule has 0 spiro atoms. The summed E-state index contributed by atoms with van der Waals surface area (Å²) in [5.74, 6) is -0.364. The van der Waals surface area contributed by atoms with Crippen LogP contribution in [0.5, 0.6) is 0 Å². The van der Waals surface area contributed by atoms with E-state index < -0.39 is 0 Å². The minimum Gasteiger partial charge on any atom is -0.346 e. The lowest BCUT2D eigenvalue weighted by atomic mass is 10.0. The lowest BCUT2D eigenvalue weighted by Gasteiger charge is -2.30. The molecular weight excluding hydrogens is 302 g/mol. The van der Waals surface area contributed by atoms with Crippen LogP contribution in [0.25, 0.3) is 10.8 Å². The van der Waals surface area contributed by atoms with E-state index >= 15 is 0 Å². The fraction of sp³-hybridized carbons (Fsp3) is 0.368. The number of benzene rings is 2. The Morgan fingerprint density at radius 3 is 2.58 bits per heavy atom. The van der Waals surface area contributed by atoms with E-state index in [4.69, 9.17) is 5.73 Å². The van der Waals surface area contributed by atoms with Crippen LogP contribution in [-0.2, 0) is 9.59 Å². The molecule has 3 rings (SSSR count). The number of nitrogens with zero attached hydrogens (tertiary/aromatic N) is 1. The van der Waals surface area contributed by atoms with Crippen molar-refractivity contribution >= 4 is 22.6 Å². The van der Waals surface area contributed by atoms with E-state index in [2.05, 4.69) is 35.6 Å². The number of nitrogens with one attached hydrogen (secondary N) is 1. The summed E-state index contributed by atoms with van der Waals surface area (Å²) in [4.78, 5) is 25.8. The molecule has 1 aliphatic carbocycles. The molecule has 0 bridgehead atoms. The summed E-state index contributed by atoms with van der Waals surface area (Å²) in [7, 11) is 0. The van der Waals surface area contributed by atoms with Crippen LogP contribution in [0.1, 0.15) is 31.4 Å². The van der Waals surface area contributed by atoms with Crippen LogP contribution in [0, 0.1) is 0 Å². The minimum atomic E-state index is -0.308. The van der Waals surface area contributed by atoms with Gasteiger partial charge in [0.15, 0.2) is 0 Å². The van der Waals surface area contributed by atoms with Gasteiger partial charge in [0.2, 0.25) is 11.8 Å². The summed E-state index contributed by atoms with van der Waals surface area (Å²) in [6.07, 6.45) is 2.04. The highest BCUT2D eigenvalue weighted by Gasteiger charge is 2.36. The van der Waals surface area contributed by atoms with Crippen molar-refractivity contribution in [3.8, 4) is 0 Å². The monoisotopic (exact) mass is 325 g/mol. The SMILES string of the molecule is CC(c1ccc2ccccc2c1)N(C(=O)CNC(=O)CN)C1CC1. The summed E-state index contributed by atoms with van der Waals surface area (Å²) < 4.78 is 0. The summed E-state index contributed by atoms with van der Waals surface area (Å²) >= 11 is 0. The number of nitrogens with two attached hydrogens (primary N) is 1. The van der Waals surface area contributed by atoms with E-state index in [1.54, 1.807) is 0 Å². The van der Waals surface area contributed by atoms with Crippen LogP contribution in [-0.4, -0.2) is 35.8 Å². The smallest absolute Gasteiger partial charge is 0.242 e. The third-order valence-corrected chi connectivity index (χ3v) is 4.52. The third kappa shape index (κ3) is 3.57. The first kappa shape index (κ1) is 16.5. The molecule has 5 nitrogen and oxygen atoms in total. The van der Waals surface area contributed by atoms with Crippen molar-refractivity contribution < 1.29 is 9.59 Å². The van der Waals surface area contributed by atoms with Crippen molar-refractivity contribution in [2.45, 2.75) is 31.8 Å². The van der Waals surface area contributed by atoms with Gasteiger partial charge in [0.25, 0.3) is 0 Å². The van der Waals surface area contributed by atoms with Crippen LogP contribution in [0.4, 0.5) is 0 Å². The quantitative estimate of drug-likeness (QED) is 0.852. The fourth-order valence-electron chi connectivity index (χ4n) is 3.05. The van der Waals surface area contributed by atoms with Crippen molar-refractivity contribution in [2.24, 2.45) is 5.73 Å². The number of amides is 2. The van der Waals surface area contributed by atoms with Gasteiger partial charge in [-0.1, -0.05) is 36.4 Å². The molecular formula is C19H23N3O2. The lowest BCUT2D eigenvalue weighted by Crippen LogP contribution is -2.43. The summed E-state index contributed by atoms with van der Waals surface area (Å²) in [6.45, 7) is 1.95. The molecule has 0 radical (unpaired) electrons. The maximum absolute atomic E-state index is 12.6. The summed E-state index contributed by atoms with van der Waals surface area (Å²) in [6, 6.07) is 14.8. The van der Waals surface area contributed by atoms with Crippen LogP contribution >= 0.6 is 0 Å². The van der Waals surface area contributed by atoms with Gasteiger partial charge in [0.05, 0.1) is 19.1 Å². The van der Waals surface area contributed by atoms with Crippen LogP contribution in [0.3, 0.4) is 0 Å². The maximum Gasteiger partial charge on any atom is 0.242 e. The molecule has 2 amide bonds. The molecule has 1 fully saturated rings. The first-order chi connectivity index (χ1) is 11.6. The van der Waals surface area contributed by atoms with Crippen molar-refractivity contribution in [3.05, 3.63) is 48.0 Å². The van der Waals surface area contributed by atoms with Crippen molar-refractivity contribution in [1.29, 1.82) is 0 Å². The molecule has 1 aliphatic rings. The van der Waals surface area contributed by atoms with Gasteiger partial charge in [-0.2, -0.15) is 0 Å². The Kier molecular flexibility index (Phi) is 4.81.